The lowest BCUT2D eigenvalue weighted by molar-refractivity contribution is -0.131. The van der Waals surface area contributed by atoms with E-state index < -0.39 is 5.54 Å². The molecule has 4 rings (SSSR count). The molecule has 0 spiro atoms. The minimum absolute atomic E-state index is 0.100. The van der Waals surface area contributed by atoms with Crippen molar-refractivity contribution in [2.75, 3.05) is 16.4 Å². The zero-order valence-electron chi connectivity index (χ0n) is 17.0. The number of halogens is 1. The summed E-state index contributed by atoms with van der Waals surface area (Å²) in [6.45, 7) is 0. The van der Waals surface area contributed by atoms with E-state index in [2.05, 4.69) is 5.32 Å². The molecule has 6 heteroatoms. The number of carbonyl (C=O) groups is 2. The van der Waals surface area contributed by atoms with Gasteiger partial charge >= 0.3 is 0 Å². The van der Waals surface area contributed by atoms with Crippen LogP contribution in [0.4, 0.5) is 10.1 Å². The van der Waals surface area contributed by atoms with E-state index in [4.69, 9.17) is 0 Å². The van der Waals surface area contributed by atoms with Crippen LogP contribution in [0.3, 0.4) is 0 Å². The summed E-state index contributed by atoms with van der Waals surface area (Å²) in [6, 6.07) is 15.6. The molecule has 2 aromatic carbocycles. The zero-order valence-corrected chi connectivity index (χ0v) is 17.8. The Hall–Kier alpha value is -2.34. The summed E-state index contributed by atoms with van der Waals surface area (Å²) in [5, 5.41) is 3.24. The van der Waals surface area contributed by atoms with Gasteiger partial charge in [0, 0.05) is 11.7 Å². The van der Waals surface area contributed by atoms with Crippen molar-refractivity contribution >= 4 is 29.3 Å². The van der Waals surface area contributed by atoms with E-state index in [0.29, 0.717) is 23.4 Å². The van der Waals surface area contributed by atoms with Crippen LogP contribution in [0, 0.1) is 5.82 Å². The molecule has 1 unspecified atom stereocenters. The molecule has 158 valence electrons. The smallest absolute Gasteiger partial charge is 0.251 e. The first kappa shape index (κ1) is 20.9. The zero-order chi connectivity index (χ0) is 21.0. The fourth-order valence-corrected chi connectivity index (χ4v) is 5.44. The van der Waals surface area contributed by atoms with Crippen molar-refractivity contribution in [1.29, 1.82) is 0 Å². The van der Waals surface area contributed by atoms with Gasteiger partial charge in [0.05, 0.1) is 5.75 Å². The van der Waals surface area contributed by atoms with Crippen LogP contribution < -0.4 is 10.2 Å². The third-order valence-electron chi connectivity index (χ3n) is 6.09. The fraction of sp³-hybridized carbons (Fsp3) is 0.417. The number of thioether (sulfide) groups is 1. The van der Waals surface area contributed by atoms with E-state index in [1.54, 1.807) is 28.8 Å². The molecule has 2 aromatic rings. The number of hydrogen-bond acceptors (Lipinski definition) is 3. The van der Waals surface area contributed by atoms with Gasteiger partial charge in [0.15, 0.2) is 5.54 Å². The summed E-state index contributed by atoms with van der Waals surface area (Å²) in [4.78, 5) is 29.0. The molecule has 0 radical (unpaired) electrons. The van der Waals surface area contributed by atoms with Crippen LogP contribution in [0.25, 0.3) is 0 Å². The number of nitrogens with zero attached hydrogens (tertiary/aromatic N) is 1. The maximum absolute atomic E-state index is 14.0. The topological polar surface area (TPSA) is 49.4 Å². The molecular formula is C24H27FN2O2S. The molecule has 1 saturated heterocycles. The molecular weight excluding hydrogens is 399 g/mol. The Bertz CT molecular complexity index is 884. The highest BCUT2D eigenvalue weighted by molar-refractivity contribution is 7.99. The standard InChI is InChI=1S/C24H27FN2O2S/c25-19-13-11-18(12-14-19)24(23(29)26-20-7-4-5-8-20)15-6-16-30-17-22(28)27(24)21-9-2-1-3-10-21/h1-3,9-14,20H,4-8,15-17H2,(H,26,29). The summed E-state index contributed by atoms with van der Waals surface area (Å²) in [6.07, 6.45) is 5.40. The molecule has 0 bridgehead atoms. The van der Waals surface area contributed by atoms with Crippen LogP contribution in [0.1, 0.15) is 44.1 Å². The van der Waals surface area contributed by atoms with E-state index in [1.165, 1.54) is 12.1 Å². The minimum atomic E-state index is -1.20. The highest BCUT2D eigenvalue weighted by Gasteiger charge is 2.49. The molecule has 1 N–H and O–H groups in total. The van der Waals surface area contributed by atoms with Gasteiger partial charge in [0.2, 0.25) is 5.91 Å². The number of hydrogen-bond donors (Lipinski definition) is 1. The van der Waals surface area contributed by atoms with Gasteiger partial charge in [-0.2, -0.15) is 11.8 Å². The SMILES string of the molecule is O=C1CSCCCC(C(=O)NC2CCCC2)(c2ccc(F)cc2)N1c1ccccc1. The molecule has 2 fully saturated rings. The molecule has 30 heavy (non-hydrogen) atoms. The Morgan fingerprint density at radius 2 is 1.73 bits per heavy atom. The van der Waals surface area contributed by atoms with Gasteiger partial charge in [-0.1, -0.05) is 43.2 Å². The molecule has 4 nitrogen and oxygen atoms in total. The summed E-state index contributed by atoms with van der Waals surface area (Å²) in [5.41, 5.74) is 0.148. The van der Waals surface area contributed by atoms with Gasteiger partial charge in [-0.05, 0) is 61.3 Å². The lowest BCUT2D eigenvalue weighted by atomic mass is 9.81. The van der Waals surface area contributed by atoms with Gasteiger partial charge in [-0.3, -0.25) is 14.5 Å². The monoisotopic (exact) mass is 426 g/mol. The maximum atomic E-state index is 14.0. The van der Waals surface area contributed by atoms with Crippen molar-refractivity contribution < 1.29 is 14.0 Å². The predicted molar refractivity (Wildman–Crippen MR) is 119 cm³/mol. The highest BCUT2D eigenvalue weighted by atomic mass is 32.2. The van der Waals surface area contributed by atoms with Crippen LogP contribution in [0.5, 0.6) is 0 Å². The first-order valence-electron chi connectivity index (χ1n) is 10.6. The van der Waals surface area contributed by atoms with Crippen molar-refractivity contribution in [1.82, 2.24) is 5.32 Å². The number of nitrogens with one attached hydrogen (secondary N) is 1. The fourth-order valence-electron chi connectivity index (χ4n) is 4.64. The number of amides is 2. The van der Waals surface area contributed by atoms with Gasteiger partial charge in [0.1, 0.15) is 5.82 Å². The van der Waals surface area contributed by atoms with Crippen molar-refractivity contribution in [3.05, 3.63) is 66.0 Å². The molecule has 1 atom stereocenters. The number of carbonyl (C=O) groups excluding carboxylic acids is 2. The lowest BCUT2D eigenvalue weighted by Gasteiger charge is -2.44. The second kappa shape index (κ2) is 9.21. The maximum Gasteiger partial charge on any atom is 0.251 e. The van der Waals surface area contributed by atoms with E-state index in [0.717, 1.165) is 37.9 Å². The Labute approximate surface area is 181 Å². The first-order chi connectivity index (χ1) is 14.6. The van der Waals surface area contributed by atoms with Crippen molar-refractivity contribution in [2.24, 2.45) is 0 Å². The summed E-state index contributed by atoms with van der Waals surface area (Å²) < 4.78 is 13.8. The molecule has 1 saturated carbocycles. The number of para-hydroxylation sites is 1. The molecule has 1 heterocycles. The average Bonchev–Trinajstić information content (AvgIpc) is 3.25. The Balaban J connectivity index is 1.87. The third-order valence-corrected chi connectivity index (χ3v) is 7.11. The Kier molecular flexibility index (Phi) is 6.42. The van der Waals surface area contributed by atoms with Crippen molar-refractivity contribution in [3.63, 3.8) is 0 Å². The Morgan fingerprint density at radius 3 is 2.43 bits per heavy atom. The van der Waals surface area contributed by atoms with Gasteiger partial charge in [-0.25, -0.2) is 4.39 Å². The van der Waals surface area contributed by atoms with Crippen LogP contribution in [-0.2, 0) is 15.1 Å². The summed E-state index contributed by atoms with van der Waals surface area (Å²) in [5.74, 6) is 0.508. The number of benzene rings is 2. The van der Waals surface area contributed by atoms with E-state index in [-0.39, 0.29) is 23.7 Å². The second-order valence-electron chi connectivity index (χ2n) is 8.04. The number of rotatable bonds is 4. The third kappa shape index (κ3) is 4.10. The van der Waals surface area contributed by atoms with Crippen LogP contribution in [-0.4, -0.2) is 29.4 Å². The predicted octanol–water partition coefficient (Wildman–Crippen LogP) is 4.64. The minimum Gasteiger partial charge on any atom is -0.351 e. The normalized spacial score (nSPS) is 23.1. The average molecular weight is 427 g/mol. The second-order valence-corrected chi connectivity index (χ2v) is 9.15. The quantitative estimate of drug-likeness (QED) is 0.775. The van der Waals surface area contributed by atoms with Crippen molar-refractivity contribution in [3.8, 4) is 0 Å². The van der Waals surface area contributed by atoms with Crippen LogP contribution in [0.15, 0.2) is 54.6 Å². The molecule has 1 aliphatic heterocycles. The van der Waals surface area contributed by atoms with Gasteiger partial charge in [0.25, 0.3) is 5.91 Å². The van der Waals surface area contributed by atoms with E-state index in [1.807, 2.05) is 30.3 Å². The Morgan fingerprint density at radius 1 is 1.03 bits per heavy atom. The largest absolute Gasteiger partial charge is 0.351 e. The molecule has 0 aromatic heterocycles. The van der Waals surface area contributed by atoms with Crippen LogP contribution >= 0.6 is 11.8 Å². The molecule has 1 aliphatic carbocycles. The van der Waals surface area contributed by atoms with E-state index >= 15 is 0 Å². The summed E-state index contributed by atoms with van der Waals surface area (Å²) in [7, 11) is 0. The van der Waals surface area contributed by atoms with Crippen LogP contribution in [0.2, 0.25) is 0 Å². The lowest BCUT2D eigenvalue weighted by Crippen LogP contribution is -2.61. The number of anilines is 1. The summed E-state index contributed by atoms with van der Waals surface area (Å²) >= 11 is 1.60. The molecule has 2 amide bonds. The van der Waals surface area contributed by atoms with Crippen molar-refractivity contribution in [2.45, 2.75) is 50.1 Å². The molecule has 2 aliphatic rings. The highest BCUT2D eigenvalue weighted by Crippen LogP contribution is 2.40. The van der Waals surface area contributed by atoms with E-state index in [9.17, 15) is 14.0 Å². The first-order valence-corrected chi connectivity index (χ1v) is 11.8. The van der Waals surface area contributed by atoms with Gasteiger partial charge in [-0.15, -0.1) is 0 Å². The van der Waals surface area contributed by atoms with Gasteiger partial charge < -0.3 is 5.32 Å².